The lowest BCUT2D eigenvalue weighted by atomic mass is 10.1. The van der Waals surface area contributed by atoms with Crippen molar-refractivity contribution < 1.29 is 23.7 Å². The first kappa shape index (κ1) is 24.2. The zero-order valence-corrected chi connectivity index (χ0v) is 20.4. The maximum absolute atomic E-state index is 13.0. The third-order valence-electron chi connectivity index (χ3n) is 5.28. The molecule has 0 saturated heterocycles. The Kier molecular flexibility index (Phi) is 7.57. The highest BCUT2D eigenvalue weighted by molar-refractivity contribution is 6.33. The molecule has 4 rings (SSSR count). The Morgan fingerprint density at radius 1 is 0.914 bits per heavy atom. The van der Waals surface area contributed by atoms with Gasteiger partial charge < -0.3 is 18.9 Å². The minimum atomic E-state index is -0.209. The summed E-state index contributed by atoms with van der Waals surface area (Å²) in [4.78, 5) is 13.0. The Morgan fingerprint density at radius 3 is 2.29 bits per heavy atom. The highest BCUT2D eigenvalue weighted by atomic mass is 35.5. The minimum absolute atomic E-state index is 0.209. The molecule has 7 nitrogen and oxygen atoms in total. The number of hydrogen-bond acceptors (Lipinski definition) is 6. The summed E-state index contributed by atoms with van der Waals surface area (Å²) in [5.41, 5.74) is 2.50. The minimum Gasteiger partial charge on any atom is -0.497 e. The van der Waals surface area contributed by atoms with Crippen molar-refractivity contribution in [2.75, 3.05) is 32.4 Å². The Labute approximate surface area is 209 Å². The van der Waals surface area contributed by atoms with Gasteiger partial charge in [0.2, 0.25) is 0 Å². The quantitative estimate of drug-likeness (QED) is 0.286. The van der Waals surface area contributed by atoms with Crippen LogP contribution in [0.3, 0.4) is 0 Å². The van der Waals surface area contributed by atoms with Gasteiger partial charge in [0.25, 0.3) is 5.91 Å². The van der Waals surface area contributed by atoms with Gasteiger partial charge in [-0.05, 0) is 67.1 Å². The van der Waals surface area contributed by atoms with Crippen LogP contribution < -0.4 is 24.0 Å². The summed E-state index contributed by atoms with van der Waals surface area (Å²) < 4.78 is 22.2. The van der Waals surface area contributed by atoms with E-state index in [9.17, 15) is 4.79 Å². The van der Waals surface area contributed by atoms with Crippen LogP contribution in [0.25, 0.3) is 6.08 Å². The summed E-state index contributed by atoms with van der Waals surface area (Å²) >= 11 is 6.51. The molecule has 0 aliphatic carbocycles. The van der Waals surface area contributed by atoms with Crippen molar-refractivity contribution in [3.8, 4) is 23.0 Å². The fourth-order valence-corrected chi connectivity index (χ4v) is 3.81. The lowest BCUT2D eigenvalue weighted by Crippen LogP contribution is -2.21. The van der Waals surface area contributed by atoms with E-state index in [0.717, 1.165) is 5.75 Å². The zero-order valence-electron chi connectivity index (χ0n) is 19.7. The maximum atomic E-state index is 13.0. The standard InChI is InChI=1S/C27H25ClN2O5/c1-18-23(27(31)30(29-18)20-7-5-4-6-8-20)15-19-16-24(28)26(25(17-19)33-3)35-14-13-34-22-11-9-21(32-2)10-12-22/h4-12,15-17H,13-14H2,1-3H3/b23-15-. The highest BCUT2D eigenvalue weighted by Crippen LogP contribution is 2.37. The van der Waals surface area contributed by atoms with Gasteiger partial charge in [-0.1, -0.05) is 29.8 Å². The molecule has 0 N–H and O–H groups in total. The van der Waals surface area contributed by atoms with Crippen molar-refractivity contribution in [1.82, 2.24) is 0 Å². The molecule has 0 saturated carbocycles. The molecular weight excluding hydrogens is 468 g/mol. The number of anilines is 1. The summed E-state index contributed by atoms with van der Waals surface area (Å²) in [6, 6.07) is 20.1. The van der Waals surface area contributed by atoms with Gasteiger partial charge in [0, 0.05) is 0 Å². The molecule has 1 amide bonds. The van der Waals surface area contributed by atoms with Gasteiger partial charge in [-0.25, -0.2) is 0 Å². The predicted octanol–water partition coefficient (Wildman–Crippen LogP) is 5.62. The van der Waals surface area contributed by atoms with Crippen LogP contribution in [-0.4, -0.2) is 39.1 Å². The van der Waals surface area contributed by atoms with Crippen molar-refractivity contribution in [1.29, 1.82) is 0 Å². The van der Waals surface area contributed by atoms with Crippen LogP contribution in [0, 0.1) is 0 Å². The van der Waals surface area contributed by atoms with Crippen LogP contribution in [0.2, 0.25) is 5.02 Å². The Morgan fingerprint density at radius 2 is 1.60 bits per heavy atom. The van der Waals surface area contributed by atoms with Crippen molar-refractivity contribution >= 4 is 35.0 Å². The van der Waals surface area contributed by atoms with Crippen LogP contribution in [0.1, 0.15) is 12.5 Å². The highest BCUT2D eigenvalue weighted by Gasteiger charge is 2.28. The number of para-hydroxylation sites is 1. The van der Waals surface area contributed by atoms with Gasteiger partial charge in [0.1, 0.15) is 24.7 Å². The van der Waals surface area contributed by atoms with Gasteiger partial charge in [-0.15, -0.1) is 0 Å². The van der Waals surface area contributed by atoms with Crippen LogP contribution in [0.15, 0.2) is 77.4 Å². The Balaban J connectivity index is 1.45. The van der Waals surface area contributed by atoms with Gasteiger partial charge in [0.15, 0.2) is 11.5 Å². The first-order valence-corrected chi connectivity index (χ1v) is 11.3. The number of hydrogen-bond donors (Lipinski definition) is 0. The van der Waals surface area contributed by atoms with Crippen molar-refractivity contribution in [2.24, 2.45) is 5.10 Å². The van der Waals surface area contributed by atoms with Crippen molar-refractivity contribution in [3.63, 3.8) is 0 Å². The molecule has 0 fully saturated rings. The number of halogens is 1. The molecule has 0 radical (unpaired) electrons. The lowest BCUT2D eigenvalue weighted by molar-refractivity contribution is -0.114. The van der Waals surface area contributed by atoms with Crippen molar-refractivity contribution in [2.45, 2.75) is 6.92 Å². The van der Waals surface area contributed by atoms with Gasteiger partial charge >= 0.3 is 0 Å². The second-order valence-electron chi connectivity index (χ2n) is 7.60. The molecule has 3 aromatic carbocycles. The van der Waals surface area contributed by atoms with Gasteiger partial charge in [0.05, 0.1) is 36.2 Å². The SMILES string of the molecule is COc1ccc(OCCOc2c(Cl)cc(/C=C3\C(=O)N(c4ccccc4)N=C3C)cc2OC)cc1. The molecule has 35 heavy (non-hydrogen) atoms. The van der Waals surface area contributed by atoms with Crippen LogP contribution >= 0.6 is 11.6 Å². The number of amides is 1. The average molecular weight is 493 g/mol. The lowest BCUT2D eigenvalue weighted by Gasteiger charge is -2.14. The van der Waals surface area contributed by atoms with E-state index in [4.69, 9.17) is 30.5 Å². The number of rotatable bonds is 9. The normalized spacial score (nSPS) is 14.2. The number of methoxy groups -OCH3 is 2. The molecule has 0 spiro atoms. The van der Waals surface area contributed by atoms with E-state index in [-0.39, 0.29) is 12.5 Å². The van der Waals surface area contributed by atoms with E-state index in [1.165, 1.54) is 12.1 Å². The monoisotopic (exact) mass is 492 g/mol. The number of ether oxygens (including phenoxy) is 4. The average Bonchev–Trinajstić information content (AvgIpc) is 3.16. The van der Waals surface area contributed by atoms with E-state index in [1.54, 1.807) is 32.2 Å². The summed E-state index contributed by atoms with van der Waals surface area (Å²) in [6.45, 7) is 2.38. The molecule has 0 aromatic heterocycles. The maximum Gasteiger partial charge on any atom is 0.280 e. The fraction of sp³-hybridized carbons (Fsp3) is 0.185. The van der Waals surface area contributed by atoms with E-state index >= 15 is 0 Å². The molecule has 1 aliphatic rings. The second-order valence-corrected chi connectivity index (χ2v) is 8.01. The molecule has 1 heterocycles. The smallest absolute Gasteiger partial charge is 0.280 e. The van der Waals surface area contributed by atoms with Crippen LogP contribution in [-0.2, 0) is 4.79 Å². The zero-order chi connectivity index (χ0) is 24.8. The number of carbonyl (C=O) groups excluding carboxylic acids is 1. The number of nitrogens with zero attached hydrogens (tertiary/aromatic N) is 2. The third-order valence-corrected chi connectivity index (χ3v) is 5.56. The van der Waals surface area contributed by atoms with E-state index in [0.29, 0.717) is 51.4 Å². The molecule has 0 bridgehead atoms. The predicted molar refractivity (Wildman–Crippen MR) is 137 cm³/mol. The number of carbonyl (C=O) groups is 1. The Bertz CT molecular complexity index is 1260. The topological polar surface area (TPSA) is 69.6 Å². The van der Waals surface area contributed by atoms with Crippen molar-refractivity contribution in [3.05, 3.63) is 82.9 Å². The van der Waals surface area contributed by atoms with E-state index in [1.807, 2.05) is 54.6 Å². The molecular formula is C27H25ClN2O5. The summed E-state index contributed by atoms with van der Waals surface area (Å²) in [5, 5.41) is 6.16. The molecule has 0 atom stereocenters. The molecule has 3 aromatic rings. The van der Waals surface area contributed by atoms with E-state index < -0.39 is 0 Å². The summed E-state index contributed by atoms with van der Waals surface area (Å²) in [7, 11) is 3.15. The van der Waals surface area contributed by atoms with Crippen LogP contribution in [0.4, 0.5) is 5.69 Å². The number of hydrazone groups is 1. The molecule has 180 valence electrons. The fourth-order valence-electron chi connectivity index (χ4n) is 3.53. The largest absolute Gasteiger partial charge is 0.497 e. The molecule has 8 heteroatoms. The van der Waals surface area contributed by atoms with Gasteiger partial charge in [-0.2, -0.15) is 10.1 Å². The molecule has 0 unspecified atom stereocenters. The number of benzene rings is 3. The Hall–Kier alpha value is -3.97. The summed E-state index contributed by atoms with van der Waals surface area (Å²) in [5.74, 6) is 2.11. The summed E-state index contributed by atoms with van der Waals surface area (Å²) in [6.07, 6.45) is 1.75. The first-order valence-electron chi connectivity index (χ1n) is 10.9. The first-order chi connectivity index (χ1) is 17.0. The van der Waals surface area contributed by atoms with Crippen LogP contribution in [0.5, 0.6) is 23.0 Å². The second kappa shape index (κ2) is 11.0. The van der Waals surface area contributed by atoms with E-state index in [2.05, 4.69) is 5.10 Å². The third kappa shape index (κ3) is 5.58. The van der Waals surface area contributed by atoms with Gasteiger partial charge in [-0.3, -0.25) is 4.79 Å². The molecule has 1 aliphatic heterocycles.